The van der Waals surface area contributed by atoms with Crippen molar-refractivity contribution in [2.24, 2.45) is 0 Å². The molecule has 2 amide bonds. The van der Waals surface area contributed by atoms with E-state index in [0.29, 0.717) is 12.2 Å². The number of rotatable bonds is 5. The number of carbonyl (C=O) groups excluding carboxylic acids is 1. The zero-order valence-corrected chi connectivity index (χ0v) is 14.1. The Morgan fingerprint density at radius 3 is 2.83 bits per heavy atom. The molecule has 0 bridgehead atoms. The Morgan fingerprint density at radius 1 is 1.25 bits per heavy atom. The number of urea groups is 1. The predicted octanol–water partition coefficient (Wildman–Crippen LogP) is 2.93. The molecule has 0 atom stereocenters. The van der Waals surface area contributed by atoms with Gasteiger partial charge in [-0.25, -0.2) is 9.78 Å². The van der Waals surface area contributed by atoms with Crippen LogP contribution in [0.15, 0.2) is 30.0 Å². The number of morpholine rings is 1. The van der Waals surface area contributed by atoms with Crippen LogP contribution in [-0.2, 0) is 4.74 Å². The van der Waals surface area contributed by atoms with Gasteiger partial charge in [0.15, 0.2) is 0 Å². The lowest BCUT2D eigenvalue weighted by Crippen LogP contribution is -2.36. The molecule has 1 aromatic heterocycles. The molecule has 0 spiro atoms. The van der Waals surface area contributed by atoms with Crippen LogP contribution in [0.3, 0.4) is 0 Å². The molecule has 6 nitrogen and oxygen atoms in total. The molecule has 1 aliphatic heterocycles. The quantitative estimate of drug-likeness (QED) is 0.815. The maximum absolute atomic E-state index is 11.9. The number of allylic oxidation sites excluding steroid dienone is 1. The second-order valence-electron chi connectivity index (χ2n) is 6.24. The highest BCUT2D eigenvalue weighted by molar-refractivity contribution is 5.89. The van der Waals surface area contributed by atoms with Gasteiger partial charge in [0, 0.05) is 19.6 Å². The van der Waals surface area contributed by atoms with Crippen molar-refractivity contribution in [2.45, 2.75) is 32.1 Å². The average Bonchev–Trinajstić information content (AvgIpc) is 2.64. The summed E-state index contributed by atoms with van der Waals surface area (Å²) < 4.78 is 5.34. The lowest BCUT2D eigenvalue weighted by Gasteiger charge is -2.27. The second-order valence-corrected chi connectivity index (χ2v) is 6.24. The summed E-state index contributed by atoms with van der Waals surface area (Å²) in [5, 5.41) is 5.75. The number of carbonyl (C=O) groups is 1. The first kappa shape index (κ1) is 16.8. The third-order valence-corrected chi connectivity index (χ3v) is 4.46. The normalized spacial score (nSPS) is 18.0. The fourth-order valence-corrected chi connectivity index (χ4v) is 3.08. The van der Waals surface area contributed by atoms with Gasteiger partial charge in [0.1, 0.15) is 5.82 Å². The molecule has 0 radical (unpaired) electrons. The highest BCUT2D eigenvalue weighted by atomic mass is 16.5. The minimum absolute atomic E-state index is 0.174. The van der Waals surface area contributed by atoms with E-state index in [9.17, 15) is 4.79 Å². The Bertz CT molecular complexity index is 565. The summed E-state index contributed by atoms with van der Waals surface area (Å²) in [5.74, 6) is 0.925. The molecule has 0 saturated carbocycles. The van der Waals surface area contributed by atoms with Gasteiger partial charge in [-0.2, -0.15) is 0 Å². The molecule has 1 aromatic rings. The average molecular weight is 330 g/mol. The van der Waals surface area contributed by atoms with Crippen molar-refractivity contribution in [3.8, 4) is 0 Å². The van der Waals surface area contributed by atoms with Crippen molar-refractivity contribution < 1.29 is 9.53 Å². The summed E-state index contributed by atoms with van der Waals surface area (Å²) in [6, 6.07) is 3.65. The van der Waals surface area contributed by atoms with Gasteiger partial charge < -0.3 is 20.3 Å². The van der Waals surface area contributed by atoms with Crippen LogP contribution in [0.2, 0.25) is 0 Å². The lowest BCUT2D eigenvalue weighted by molar-refractivity contribution is 0.122. The molecule has 1 aliphatic carbocycles. The Balaban J connectivity index is 1.41. The largest absolute Gasteiger partial charge is 0.378 e. The van der Waals surface area contributed by atoms with Gasteiger partial charge >= 0.3 is 6.03 Å². The molecule has 6 heteroatoms. The number of hydrogen-bond donors (Lipinski definition) is 2. The van der Waals surface area contributed by atoms with Crippen LogP contribution in [0.25, 0.3) is 0 Å². The van der Waals surface area contributed by atoms with E-state index in [1.807, 2.05) is 12.1 Å². The van der Waals surface area contributed by atoms with Crippen molar-refractivity contribution in [3.63, 3.8) is 0 Å². The van der Waals surface area contributed by atoms with Crippen LogP contribution in [-0.4, -0.2) is 43.9 Å². The maximum Gasteiger partial charge on any atom is 0.319 e. The predicted molar refractivity (Wildman–Crippen MR) is 95.5 cm³/mol. The minimum atomic E-state index is -0.174. The van der Waals surface area contributed by atoms with Crippen LogP contribution in [0.5, 0.6) is 0 Å². The van der Waals surface area contributed by atoms with E-state index in [4.69, 9.17) is 4.74 Å². The lowest BCUT2D eigenvalue weighted by atomic mass is 9.97. The number of nitrogens with zero attached hydrogens (tertiary/aromatic N) is 2. The summed E-state index contributed by atoms with van der Waals surface area (Å²) in [5.41, 5.74) is 2.18. The highest BCUT2D eigenvalue weighted by Crippen LogP contribution is 2.19. The standard InChI is InChI=1S/C18H26N4O2/c23-18(19-9-8-15-4-2-1-3-5-15)21-16-6-7-17(20-14-16)22-10-12-24-13-11-22/h4,6-7,14H,1-3,5,8-13H2,(H2,19,21,23). The van der Waals surface area contributed by atoms with Crippen LogP contribution in [0.4, 0.5) is 16.3 Å². The molecular weight excluding hydrogens is 304 g/mol. The molecule has 2 aliphatic rings. The highest BCUT2D eigenvalue weighted by Gasteiger charge is 2.12. The van der Waals surface area contributed by atoms with Crippen LogP contribution in [0.1, 0.15) is 32.1 Å². The van der Waals surface area contributed by atoms with Gasteiger partial charge in [-0.15, -0.1) is 0 Å². The van der Waals surface area contributed by atoms with Crippen LogP contribution >= 0.6 is 0 Å². The first-order valence-electron chi connectivity index (χ1n) is 8.83. The maximum atomic E-state index is 11.9. The van der Waals surface area contributed by atoms with Crippen LogP contribution < -0.4 is 15.5 Å². The number of anilines is 2. The topological polar surface area (TPSA) is 66.5 Å². The second kappa shape index (κ2) is 8.68. The molecule has 1 saturated heterocycles. The smallest absolute Gasteiger partial charge is 0.319 e. The summed E-state index contributed by atoms with van der Waals surface area (Å²) in [7, 11) is 0. The van der Waals surface area contributed by atoms with Gasteiger partial charge in [-0.1, -0.05) is 11.6 Å². The van der Waals surface area contributed by atoms with Gasteiger partial charge in [0.2, 0.25) is 0 Å². The number of aromatic nitrogens is 1. The van der Waals surface area contributed by atoms with Crippen molar-refractivity contribution in [1.29, 1.82) is 0 Å². The summed E-state index contributed by atoms with van der Waals surface area (Å²) in [6.07, 6.45) is 9.90. The molecule has 3 rings (SSSR count). The number of ether oxygens (including phenoxy) is 1. The Hall–Kier alpha value is -2.08. The molecule has 2 heterocycles. The Morgan fingerprint density at radius 2 is 2.12 bits per heavy atom. The first-order chi connectivity index (χ1) is 11.8. The molecular formula is C18H26N4O2. The van der Waals surface area contributed by atoms with Crippen molar-refractivity contribution in [2.75, 3.05) is 43.1 Å². The van der Waals surface area contributed by atoms with Gasteiger partial charge in [-0.05, 0) is 44.2 Å². The summed E-state index contributed by atoms with van der Waals surface area (Å²) in [4.78, 5) is 18.6. The molecule has 0 unspecified atom stereocenters. The molecule has 0 aromatic carbocycles. The third-order valence-electron chi connectivity index (χ3n) is 4.46. The molecule has 2 N–H and O–H groups in total. The Kier molecular flexibility index (Phi) is 6.07. The number of hydrogen-bond acceptors (Lipinski definition) is 4. The van der Waals surface area contributed by atoms with Crippen molar-refractivity contribution in [1.82, 2.24) is 10.3 Å². The Labute approximate surface area is 143 Å². The first-order valence-corrected chi connectivity index (χ1v) is 8.83. The monoisotopic (exact) mass is 330 g/mol. The van der Waals surface area contributed by atoms with E-state index < -0.39 is 0 Å². The van der Waals surface area contributed by atoms with Crippen LogP contribution in [0, 0.1) is 0 Å². The van der Waals surface area contributed by atoms with E-state index in [-0.39, 0.29) is 6.03 Å². The minimum Gasteiger partial charge on any atom is -0.378 e. The fraction of sp³-hybridized carbons (Fsp3) is 0.556. The molecule has 24 heavy (non-hydrogen) atoms. The van der Waals surface area contributed by atoms with E-state index >= 15 is 0 Å². The number of amides is 2. The van der Waals surface area contributed by atoms with E-state index in [0.717, 1.165) is 38.5 Å². The zero-order chi connectivity index (χ0) is 16.6. The fourth-order valence-electron chi connectivity index (χ4n) is 3.08. The number of pyridine rings is 1. The van der Waals surface area contributed by atoms with Gasteiger partial charge in [0.25, 0.3) is 0 Å². The van der Waals surface area contributed by atoms with Gasteiger partial charge in [-0.3, -0.25) is 0 Å². The number of nitrogens with one attached hydrogen (secondary N) is 2. The van der Waals surface area contributed by atoms with Crippen molar-refractivity contribution in [3.05, 3.63) is 30.0 Å². The third kappa shape index (κ3) is 4.96. The summed E-state index contributed by atoms with van der Waals surface area (Å²) >= 11 is 0. The molecule has 1 fully saturated rings. The SMILES string of the molecule is O=C(NCCC1=CCCCC1)Nc1ccc(N2CCOCC2)nc1. The summed E-state index contributed by atoms with van der Waals surface area (Å²) in [6.45, 7) is 3.87. The van der Waals surface area contributed by atoms with Gasteiger partial charge in [0.05, 0.1) is 25.1 Å². The van der Waals surface area contributed by atoms with E-state index in [1.165, 1.54) is 31.3 Å². The zero-order valence-electron chi connectivity index (χ0n) is 14.1. The molecule has 130 valence electrons. The van der Waals surface area contributed by atoms with E-state index in [1.54, 1.807) is 6.20 Å². The van der Waals surface area contributed by atoms with E-state index in [2.05, 4.69) is 26.6 Å². The van der Waals surface area contributed by atoms with Crippen molar-refractivity contribution >= 4 is 17.5 Å².